The summed E-state index contributed by atoms with van der Waals surface area (Å²) in [5.41, 5.74) is 3.40. The minimum atomic E-state index is -0.366. The van der Waals surface area contributed by atoms with Crippen molar-refractivity contribution < 1.29 is 9.53 Å². The Hall–Kier alpha value is -3.13. The van der Waals surface area contributed by atoms with Gasteiger partial charge in [-0.25, -0.2) is 4.79 Å². The van der Waals surface area contributed by atoms with Crippen molar-refractivity contribution in [1.29, 1.82) is 0 Å². The van der Waals surface area contributed by atoms with Crippen LogP contribution in [-0.2, 0) is 4.74 Å². The van der Waals surface area contributed by atoms with Crippen molar-refractivity contribution in [1.82, 2.24) is 0 Å². The number of hydrogen-bond donors (Lipinski definition) is 0. The lowest BCUT2D eigenvalue weighted by Crippen LogP contribution is -2.01. The summed E-state index contributed by atoms with van der Waals surface area (Å²) < 4.78 is 5.40. The van der Waals surface area contributed by atoms with Gasteiger partial charge in [0.2, 0.25) is 0 Å². The van der Waals surface area contributed by atoms with Crippen LogP contribution in [0.5, 0.6) is 0 Å². The van der Waals surface area contributed by atoms with E-state index in [9.17, 15) is 4.79 Å². The molecule has 0 heterocycles. The van der Waals surface area contributed by atoms with Crippen molar-refractivity contribution >= 4 is 11.5 Å². The molecule has 0 aliphatic rings. The predicted molar refractivity (Wildman–Crippen MR) is 91.8 cm³/mol. The fourth-order valence-corrected chi connectivity index (χ4v) is 2.29. The van der Waals surface area contributed by atoms with Crippen molar-refractivity contribution in [2.24, 2.45) is 0 Å². The van der Waals surface area contributed by atoms with Crippen molar-refractivity contribution in [2.75, 3.05) is 0 Å². The van der Waals surface area contributed by atoms with Crippen LogP contribution in [0.2, 0.25) is 0 Å². The maximum atomic E-state index is 12.1. The molecule has 0 amide bonds. The Morgan fingerprint density at radius 2 is 1.00 bits per heavy atom. The van der Waals surface area contributed by atoms with E-state index in [4.69, 9.17) is 4.74 Å². The molecule has 0 fully saturated rings. The van der Waals surface area contributed by atoms with Crippen LogP contribution >= 0.6 is 0 Å². The Bertz CT molecular complexity index is 750. The molecule has 0 aromatic heterocycles. The van der Waals surface area contributed by atoms with Crippen LogP contribution in [0.1, 0.15) is 21.5 Å². The molecule has 0 aliphatic carbocycles. The highest BCUT2D eigenvalue weighted by molar-refractivity contribution is 5.91. The van der Waals surface area contributed by atoms with Gasteiger partial charge in [-0.15, -0.1) is 0 Å². The number of benzene rings is 3. The summed E-state index contributed by atoms with van der Waals surface area (Å²) in [6.45, 7) is 0. The smallest absolute Gasteiger partial charge is 0.342 e. The quantitative estimate of drug-likeness (QED) is 0.504. The summed E-state index contributed by atoms with van der Waals surface area (Å²) in [5.74, 6) is -0.366. The molecular weight excluding hydrogens is 284 g/mol. The number of esters is 1. The molecule has 112 valence electrons. The molecule has 3 rings (SSSR count). The first-order chi connectivity index (χ1) is 11.3. The van der Waals surface area contributed by atoms with Crippen LogP contribution < -0.4 is 0 Å². The van der Waals surface area contributed by atoms with E-state index in [2.05, 4.69) is 0 Å². The first kappa shape index (κ1) is 14.8. The second-order valence-corrected chi connectivity index (χ2v) is 5.03. The third-order valence-electron chi connectivity index (χ3n) is 3.46. The Kier molecular flexibility index (Phi) is 4.65. The standard InChI is InChI=1S/C21H16O2/c22-21(19-14-8-3-9-15-19)23-16-20(17-10-4-1-5-11-17)18-12-6-2-7-13-18/h1-16H. The fraction of sp³-hybridized carbons (Fsp3) is 0. The summed E-state index contributed by atoms with van der Waals surface area (Å²) in [4.78, 5) is 12.1. The Labute approximate surface area is 135 Å². The second-order valence-electron chi connectivity index (χ2n) is 5.03. The molecule has 3 aromatic rings. The highest BCUT2D eigenvalue weighted by atomic mass is 16.5. The van der Waals surface area contributed by atoms with Gasteiger partial charge in [0, 0.05) is 5.57 Å². The summed E-state index contributed by atoms with van der Waals surface area (Å²) in [6.07, 6.45) is 1.53. The lowest BCUT2D eigenvalue weighted by atomic mass is 9.99. The largest absolute Gasteiger partial charge is 0.430 e. The van der Waals surface area contributed by atoms with Crippen molar-refractivity contribution in [2.45, 2.75) is 0 Å². The molecule has 0 aliphatic heterocycles. The summed E-state index contributed by atoms with van der Waals surface area (Å²) >= 11 is 0. The molecule has 0 radical (unpaired) electrons. The van der Waals surface area contributed by atoms with Crippen LogP contribution in [0.3, 0.4) is 0 Å². The van der Waals surface area contributed by atoms with Gasteiger partial charge in [0.05, 0.1) is 5.56 Å². The topological polar surface area (TPSA) is 26.3 Å². The van der Waals surface area contributed by atoms with Gasteiger partial charge in [0.1, 0.15) is 6.26 Å². The van der Waals surface area contributed by atoms with Crippen LogP contribution in [0.4, 0.5) is 0 Å². The van der Waals surface area contributed by atoms with E-state index in [1.807, 2.05) is 78.9 Å². The maximum absolute atomic E-state index is 12.1. The monoisotopic (exact) mass is 300 g/mol. The van der Waals surface area contributed by atoms with Gasteiger partial charge >= 0.3 is 5.97 Å². The lowest BCUT2D eigenvalue weighted by Gasteiger charge is -2.08. The molecule has 0 saturated heterocycles. The minimum Gasteiger partial charge on any atom is -0.430 e. The van der Waals surface area contributed by atoms with Gasteiger partial charge in [0.15, 0.2) is 0 Å². The number of carbonyl (C=O) groups is 1. The zero-order valence-corrected chi connectivity index (χ0v) is 12.6. The first-order valence-electron chi connectivity index (χ1n) is 7.41. The van der Waals surface area contributed by atoms with E-state index in [0.29, 0.717) is 5.56 Å². The van der Waals surface area contributed by atoms with Gasteiger partial charge in [-0.1, -0.05) is 78.9 Å². The molecule has 3 aromatic carbocycles. The minimum absolute atomic E-state index is 0.366. The predicted octanol–water partition coefficient (Wildman–Crippen LogP) is 4.93. The maximum Gasteiger partial charge on any atom is 0.342 e. The SMILES string of the molecule is O=C(OC=C(c1ccccc1)c1ccccc1)c1ccccc1. The molecule has 23 heavy (non-hydrogen) atoms. The van der Waals surface area contributed by atoms with Crippen LogP contribution in [0, 0.1) is 0 Å². The summed E-state index contributed by atoms with van der Waals surface area (Å²) in [6, 6.07) is 28.7. The van der Waals surface area contributed by atoms with E-state index in [1.165, 1.54) is 6.26 Å². The van der Waals surface area contributed by atoms with E-state index in [-0.39, 0.29) is 5.97 Å². The molecule has 2 nitrogen and oxygen atoms in total. The van der Waals surface area contributed by atoms with E-state index >= 15 is 0 Å². The molecule has 0 atom stereocenters. The number of hydrogen-bond acceptors (Lipinski definition) is 2. The van der Waals surface area contributed by atoms with Gasteiger partial charge in [-0.2, -0.15) is 0 Å². The number of carbonyl (C=O) groups excluding carboxylic acids is 1. The number of ether oxygens (including phenoxy) is 1. The highest BCUT2D eigenvalue weighted by Gasteiger charge is 2.08. The lowest BCUT2D eigenvalue weighted by molar-refractivity contribution is 0.0664. The molecule has 0 bridgehead atoms. The summed E-state index contributed by atoms with van der Waals surface area (Å²) in [5, 5.41) is 0. The van der Waals surface area contributed by atoms with E-state index in [0.717, 1.165) is 16.7 Å². The van der Waals surface area contributed by atoms with Gasteiger partial charge in [-0.05, 0) is 23.3 Å². The van der Waals surface area contributed by atoms with E-state index < -0.39 is 0 Å². The fourth-order valence-electron chi connectivity index (χ4n) is 2.29. The van der Waals surface area contributed by atoms with E-state index in [1.54, 1.807) is 12.1 Å². The zero-order valence-electron chi connectivity index (χ0n) is 12.6. The third kappa shape index (κ3) is 3.74. The van der Waals surface area contributed by atoms with Crippen LogP contribution in [0.15, 0.2) is 97.3 Å². The van der Waals surface area contributed by atoms with Crippen molar-refractivity contribution in [3.63, 3.8) is 0 Å². The zero-order chi connectivity index (χ0) is 15.9. The second kappa shape index (κ2) is 7.23. The third-order valence-corrected chi connectivity index (χ3v) is 3.46. The highest BCUT2D eigenvalue weighted by Crippen LogP contribution is 2.23. The summed E-state index contributed by atoms with van der Waals surface area (Å²) in [7, 11) is 0. The van der Waals surface area contributed by atoms with Gasteiger partial charge in [-0.3, -0.25) is 0 Å². The van der Waals surface area contributed by atoms with Gasteiger partial charge in [0.25, 0.3) is 0 Å². The van der Waals surface area contributed by atoms with Crippen LogP contribution in [0.25, 0.3) is 5.57 Å². The average molecular weight is 300 g/mol. The molecule has 2 heteroatoms. The Morgan fingerprint density at radius 3 is 1.43 bits per heavy atom. The molecule has 0 saturated carbocycles. The Balaban J connectivity index is 1.91. The number of rotatable bonds is 4. The molecule has 0 unspecified atom stereocenters. The van der Waals surface area contributed by atoms with Gasteiger partial charge < -0.3 is 4.74 Å². The normalized spacial score (nSPS) is 9.91. The van der Waals surface area contributed by atoms with Crippen molar-refractivity contribution in [3.05, 3.63) is 114 Å². The molecular formula is C21H16O2. The molecule has 0 spiro atoms. The Morgan fingerprint density at radius 1 is 0.609 bits per heavy atom. The average Bonchev–Trinajstić information content (AvgIpc) is 2.64. The molecule has 0 N–H and O–H groups in total. The van der Waals surface area contributed by atoms with Crippen LogP contribution in [-0.4, -0.2) is 5.97 Å². The first-order valence-corrected chi connectivity index (χ1v) is 7.41. The van der Waals surface area contributed by atoms with Crippen molar-refractivity contribution in [3.8, 4) is 0 Å².